The number of fused-ring (bicyclic) bond motifs is 1. The monoisotopic (exact) mass is 420 g/mol. The highest BCUT2D eigenvalue weighted by molar-refractivity contribution is 7.99. The highest BCUT2D eigenvalue weighted by Gasteiger charge is 2.16. The van der Waals surface area contributed by atoms with Crippen molar-refractivity contribution in [2.75, 3.05) is 12.4 Å². The van der Waals surface area contributed by atoms with Crippen LogP contribution in [0.2, 0.25) is 0 Å². The van der Waals surface area contributed by atoms with Crippen molar-refractivity contribution in [1.29, 1.82) is 0 Å². The zero-order valence-corrected chi connectivity index (χ0v) is 18.8. The number of rotatable bonds is 8. The molecule has 6 heteroatoms. The SMILES string of the molecule is CCn1c(SCCOc2cc(C)ccc2C(C)C)nnc1-c1c[nH]c2ccccc12. The maximum Gasteiger partial charge on any atom is 0.191 e. The predicted molar refractivity (Wildman–Crippen MR) is 124 cm³/mol. The second-order valence-corrected chi connectivity index (χ2v) is 8.75. The van der Waals surface area contributed by atoms with Crippen LogP contribution in [0.25, 0.3) is 22.3 Å². The Labute approximate surface area is 181 Å². The molecule has 2 aromatic heterocycles. The molecule has 2 heterocycles. The van der Waals surface area contributed by atoms with Gasteiger partial charge in [0, 0.05) is 35.0 Å². The van der Waals surface area contributed by atoms with E-state index < -0.39 is 0 Å². The van der Waals surface area contributed by atoms with Crippen LogP contribution in [0.1, 0.15) is 37.8 Å². The summed E-state index contributed by atoms with van der Waals surface area (Å²) in [6.45, 7) is 10.1. The van der Waals surface area contributed by atoms with Gasteiger partial charge in [-0.15, -0.1) is 10.2 Å². The topological polar surface area (TPSA) is 55.7 Å². The first-order chi connectivity index (χ1) is 14.6. The number of hydrogen-bond acceptors (Lipinski definition) is 4. The largest absolute Gasteiger partial charge is 0.492 e. The molecule has 0 aliphatic heterocycles. The Balaban J connectivity index is 1.46. The molecule has 30 heavy (non-hydrogen) atoms. The molecule has 0 bridgehead atoms. The van der Waals surface area contributed by atoms with E-state index >= 15 is 0 Å². The lowest BCUT2D eigenvalue weighted by Gasteiger charge is -2.14. The molecular formula is C24H28N4OS. The highest BCUT2D eigenvalue weighted by Crippen LogP contribution is 2.31. The average Bonchev–Trinajstić information content (AvgIpc) is 3.34. The molecule has 0 atom stereocenters. The molecule has 0 amide bonds. The maximum absolute atomic E-state index is 6.13. The van der Waals surface area contributed by atoms with Crippen molar-refractivity contribution in [2.45, 2.75) is 45.3 Å². The van der Waals surface area contributed by atoms with Gasteiger partial charge in [-0.3, -0.25) is 0 Å². The van der Waals surface area contributed by atoms with Crippen LogP contribution < -0.4 is 4.74 Å². The van der Waals surface area contributed by atoms with Crippen LogP contribution in [0.5, 0.6) is 5.75 Å². The van der Waals surface area contributed by atoms with E-state index in [4.69, 9.17) is 4.74 Å². The normalized spacial score (nSPS) is 11.5. The molecule has 0 spiro atoms. The number of aromatic nitrogens is 4. The van der Waals surface area contributed by atoms with Crippen LogP contribution in [0.3, 0.4) is 0 Å². The van der Waals surface area contributed by atoms with Gasteiger partial charge in [0.05, 0.1) is 6.61 Å². The van der Waals surface area contributed by atoms with E-state index in [1.54, 1.807) is 11.8 Å². The molecule has 0 unspecified atom stereocenters. The van der Waals surface area contributed by atoms with Gasteiger partial charge in [0.1, 0.15) is 5.75 Å². The van der Waals surface area contributed by atoms with Gasteiger partial charge in [-0.2, -0.15) is 0 Å². The van der Waals surface area contributed by atoms with Gasteiger partial charge in [0.2, 0.25) is 0 Å². The number of thioether (sulfide) groups is 1. The highest BCUT2D eigenvalue weighted by atomic mass is 32.2. The fourth-order valence-corrected chi connectivity index (χ4v) is 4.48. The lowest BCUT2D eigenvalue weighted by molar-refractivity contribution is 0.338. The lowest BCUT2D eigenvalue weighted by atomic mass is 10.0. The number of benzene rings is 2. The van der Waals surface area contributed by atoms with Crippen LogP contribution in [0.15, 0.2) is 53.8 Å². The van der Waals surface area contributed by atoms with Crippen molar-refractivity contribution in [3.63, 3.8) is 0 Å². The molecule has 0 aliphatic rings. The van der Waals surface area contributed by atoms with Crippen LogP contribution in [0.4, 0.5) is 0 Å². The number of nitrogens with zero attached hydrogens (tertiary/aromatic N) is 3. The van der Waals surface area contributed by atoms with E-state index in [9.17, 15) is 0 Å². The first-order valence-electron chi connectivity index (χ1n) is 10.4. The van der Waals surface area contributed by atoms with Crippen LogP contribution >= 0.6 is 11.8 Å². The third kappa shape index (κ3) is 4.10. The van der Waals surface area contributed by atoms with Crippen LogP contribution in [-0.2, 0) is 6.54 Å². The van der Waals surface area contributed by atoms with E-state index in [2.05, 4.69) is 83.8 Å². The van der Waals surface area contributed by atoms with Gasteiger partial charge in [-0.25, -0.2) is 0 Å². The minimum Gasteiger partial charge on any atom is -0.492 e. The van der Waals surface area contributed by atoms with E-state index in [-0.39, 0.29) is 0 Å². The van der Waals surface area contributed by atoms with Crippen molar-refractivity contribution in [3.05, 3.63) is 59.8 Å². The molecule has 4 rings (SSSR count). The number of aromatic amines is 1. The summed E-state index contributed by atoms with van der Waals surface area (Å²) in [7, 11) is 0. The van der Waals surface area contributed by atoms with E-state index in [1.165, 1.54) is 16.5 Å². The zero-order valence-electron chi connectivity index (χ0n) is 18.0. The number of hydrogen-bond donors (Lipinski definition) is 1. The lowest BCUT2D eigenvalue weighted by Crippen LogP contribution is -2.05. The number of para-hydroxylation sites is 1. The first kappa shape index (κ1) is 20.5. The molecule has 156 valence electrons. The van der Waals surface area contributed by atoms with Gasteiger partial charge >= 0.3 is 0 Å². The zero-order chi connectivity index (χ0) is 21.1. The van der Waals surface area contributed by atoms with Crippen molar-refractivity contribution in [2.24, 2.45) is 0 Å². The summed E-state index contributed by atoms with van der Waals surface area (Å²) in [5, 5.41) is 11.0. The van der Waals surface area contributed by atoms with Crippen LogP contribution in [0, 0.1) is 6.92 Å². The Morgan fingerprint density at radius 2 is 1.97 bits per heavy atom. The van der Waals surface area contributed by atoms with Crippen LogP contribution in [-0.4, -0.2) is 32.1 Å². The Morgan fingerprint density at radius 1 is 1.13 bits per heavy atom. The molecule has 0 aliphatic carbocycles. The number of aryl methyl sites for hydroxylation is 1. The predicted octanol–water partition coefficient (Wildman–Crippen LogP) is 6.05. The number of nitrogens with one attached hydrogen (secondary N) is 1. The third-order valence-corrected chi connectivity index (χ3v) is 6.16. The Hall–Kier alpha value is -2.73. The number of ether oxygens (including phenoxy) is 1. The summed E-state index contributed by atoms with van der Waals surface area (Å²) in [6.07, 6.45) is 2.02. The Kier molecular flexibility index (Phi) is 6.13. The van der Waals surface area contributed by atoms with Gasteiger partial charge < -0.3 is 14.3 Å². The summed E-state index contributed by atoms with van der Waals surface area (Å²) in [6, 6.07) is 14.7. The van der Waals surface area contributed by atoms with E-state index in [0.29, 0.717) is 12.5 Å². The molecule has 5 nitrogen and oxygen atoms in total. The molecular weight excluding hydrogens is 392 g/mol. The minimum atomic E-state index is 0.440. The van der Waals surface area contributed by atoms with Gasteiger partial charge in [-0.1, -0.05) is 55.9 Å². The van der Waals surface area contributed by atoms with Gasteiger partial charge in [0.25, 0.3) is 0 Å². The quantitative estimate of drug-likeness (QED) is 0.278. The summed E-state index contributed by atoms with van der Waals surface area (Å²) in [5.41, 5.74) is 4.67. The molecule has 4 aromatic rings. The first-order valence-corrected chi connectivity index (χ1v) is 11.4. The average molecular weight is 421 g/mol. The van der Waals surface area contributed by atoms with Crippen molar-refractivity contribution >= 4 is 22.7 Å². The fraction of sp³-hybridized carbons (Fsp3) is 0.333. The third-order valence-electron chi connectivity index (χ3n) is 5.23. The van der Waals surface area contributed by atoms with Crippen molar-refractivity contribution in [1.82, 2.24) is 19.7 Å². The summed E-state index contributed by atoms with van der Waals surface area (Å²) < 4.78 is 8.30. The standard InChI is InChI=1S/C24H28N4OS/c1-5-28-23(20-15-25-21-9-7-6-8-19(20)21)26-27-24(28)30-13-12-29-22-14-17(4)10-11-18(22)16(2)3/h6-11,14-16,25H,5,12-13H2,1-4H3. The molecule has 0 fully saturated rings. The molecule has 2 aromatic carbocycles. The summed E-state index contributed by atoms with van der Waals surface area (Å²) >= 11 is 1.69. The fourth-order valence-electron chi connectivity index (χ4n) is 3.66. The van der Waals surface area contributed by atoms with Crippen molar-refractivity contribution in [3.8, 4) is 17.1 Å². The van der Waals surface area contributed by atoms with E-state index in [1.807, 2.05) is 12.3 Å². The number of H-pyrrole nitrogens is 1. The smallest absolute Gasteiger partial charge is 0.191 e. The van der Waals surface area contributed by atoms with Gasteiger partial charge in [-0.05, 0) is 43.0 Å². The van der Waals surface area contributed by atoms with E-state index in [0.717, 1.165) is 40.1 Å². The van der Waals surface area contributed by atoms with Crippen molar-refractivity contribution < 1.29 is 4.74 Å². The Morgan fingerprint density at radius 3 is 2.77 bits per heavy atom. The summed E-state index contributed by atoms with van der Waals surface area (Å²) in [5.74, 6) is 3.15. The molecule has 0 saturated carbocycles. The summed E-state index contributed by atoms with van der Waals surface area (Å²) in [4.78, 5) is 3.33. The minimum absolute atomic E-state index is 0.440. The van der Waals surface area contributed by atoms with Gasteiger partial charge in [0.15, 0.2) is 11.0 Å². The molecule has 1 N–H and O–H groups in total. The molecule has 0 saturated heterocycles. The second-order valence-electron chi connectivity index (χ2n) is 7.69. The maximum atomic E-state index is 6.13. The second kappa shape index (κ2) is 8.96. The Bertz CT molecular complexity index is 1150. The molecule has 0 radical (unpaired) electrons.